The van der Waals surface area contributed by atoms with Crippen LogP contribution in [0.3, 0.4) is 0 Å². The Hall–Kier alpha value is -2.09. The van der Waals surface area contributed by atoms with Gasteiger partial charge in [-0.3, -0.25) is 4.79 Å². The number of halogens is 3. The lowest BCUT2D eigenvalue weighted by atomic mass is 9.64. The number of amides is 1. The monoisotopic (exact) mass is 431 g/mol. The molecule has 1 aromatic rings. The maximum atomic E-state index is 14.1. The lowest BCUT2D eigenvalue weighted by Gasteiger charge is -2.43. The van der Waals surface area contributed by atoms with E-state index in [1.807, 2.05) is 30.3 Å². The van der Waals surface area contributed by atoms with E-state index in [9.17, 15) is 27.9 Å². The van der Waals surface area contributed by atoms with E-state index in [-0.39, 0.29) is 19.4 Å². The molecule has 0 saturated heterocycles. The van der Waals surface area contributed by atoms with Gasteiger partial charge in [-0.2, -0.15) is 13.2 Å². The second-order valence-corrected chi connectivity index (χ2v) is 8.43. The average molecular weight is 431 g/mol. The molecule has 0 bridgehead atoms. The number of hydrogen-bond acceptors (Lipinski definition) is 4. The Morgan fingerprint density at radius 1 is 1.13 bits per heavy atom. The van der Waals surface area contributed by atoms with Crippen molar-refractivity contribution in [3.05, 3.63) is 35.9 Å². The van der Waals surface area contributed by atoms with Gasteiger partial charge < -0.3 is 15.2 Å². The van der Waals surface area contributed by atoms with Gasteiger partial charge in [0.15, 0.2) is 0 Å². The van der Waals surface area contributed by atoms with Gasteiger partial charge in [0.2, 0.25) is 5.91 Å². The minimum absolute atomic E-state index is 0.195. The van der Waals surface area contributed by atoms with Gasteiger partial charge in [-0.25, -0.2) is 4.79 Å². The number of aryl methyl sites for hydroxylation is 1. The van der Waals surface area contributed by atoms with Gasteiger partial charge in [-0.05, 0) is 37.2 Å². The largest absolute Gasteiger partial charge is 0.464 e. The first-order valence-electron chi connectivity index (χ1n) is 10.0. The predicted octanol–water partition coefficient (Wildman–Crippen LogP) is 3.89. The fourth-order valence-corrected chi connectivity index (χ4v) is 3.84. The predicted molar refractivity (Wildman–Crippen MR) is 108 cm³/mol. The zero-order chi connectivity index (χ0) is 23.2. The van der Waals surface area contributed by atoms with Gasteiger partial charge in [0.25, 0.3) is 5.60 Å². The number of carbonyl (C=O) groups excluding carboxylic acids is 2. The summed E-state index contributed by atoms with van der Waals surface area (Å²) in [5.74, 6) is -5.45. The molecule has 3 atom stereocenters. The summed E-state index contributed by atoms with van der Waals surface area (Å²) in [5, 5.41) is 13.2. The van der Waals surface area contributed by atoms with Crippen LogP contribution in [0.1, 0.15) is 46.1 Å². The van der Waals surface area contributed by atoms with E-state index in [0.29, 0.717) is 6.42 Å². The summed E-state index contributed by atoms with van der Waals surface area (Å²) in [7, 11) is 1.32. The fraction of sp³-hybridized carbons (Fsp3) is 0.636. The van der Waals surface area contributed by atoms with Crippen molar-refractivity contribution in [3.8, 4) is 0 Å². The molecule has 0 unspecified atom stereocenters. The van der Waals surface area contributed by atoms with Crippen molar-refractivity contribution in [1.29, 1.82) is 0 Å². The molecule has 30 heavy (non-hydrogen) atoms. The maximum Gasteiger partial charge on any atom is 0.428 e. The van der Waals surface area contributed by atoms with Crippen LogP contribution in [0.4, 0.5) is 13.2 Å². The molecule has 5 nitrogen and oxygen atoms in total. The van der Waals surface area contributed by atoms with Crippen LogP contribution in [0.15, 0.2) is 30.3 Å². The number of ether oxygens (including phenoxy) is 1. The number of aliphatic hydroxyl groups is 1. The number of nitrogens with one attached hydrogen (secondary N) is 1. The van der Waals surface area contributed by atoms with E-state index in [1.54, 1.807) is 20.8 Å². The highest BCUT2D eigenvalue weighted by atomic mass is 19.4. The summed E-state index contributed by atoms with van der Waals surface area (Å²) in [6, 6.07) is 9.16. The van der Waals surface area contributed by atoms with E-state index < -0.39 is 40.9 Å². The molecule has 1 rings (SSSR count). The van der Waals surface area contributed by atoms with Crippen LogP contribution >= 0.6 is 0 Å². The van der Waals surface area contributed by atoms with Gasteiger partial charge in [0, 0.05) is 18.9 Å². The molecule has 0 aliphatic rings. The van der Waals surface area contributed by atoms with Crippen LogP contribution in [0.2, 0.25) is 0 Å². The quantitative estimate of drug-likeness (QED) is 0.582. The number of alkyl halides is 3. The van der Waals surface area contributed by atoms with E-state index in [2.05, 4.69) is 10.1 Å². The van der Waals surface area contributed by atoms with Crippen LogP contribution in [-0.2, 0) is 20.7 Å². The first-order chi connectivity index (χ1) is 13.8. The minimum Gasteiger partial charge on any atom is -0.464 e. The molecule has 8 heteroatoms. The summed E-state index contributed by atoms with van der Waals surface area (Å²) in [6.45, 7) is 5.87. The van der Waals surface area contributed by atoms with Gasteiger partial charge in [0.05, 0.1) is 6.61 Å². The second-order valence-electron chi connectivity index (χ2n) is 8.43. The van der Waals surface area contributed by atoms with Crippen molar-refractivity contribution in [2.75, 3.05) is 13.7 Å². The minimum atomic E-state index is -5.31. The summed E-state index contributed by atoms with van der Waals surface area (Å²) >= 11 is 0. The van der Waals surface area contributed by atoms with Gasteiger partial charge >= 0.3 is 12.1 Å². The standard InChI is InChI=1S/C22H32F3NO4/c1-6-30-19(28)21(29,22(23,24)25)16(17(18(27)26-5)20(2,3)4)14-10-13-15-11-8-7-9-12-15/h7-9,11-12,16-17,29H,6,10,13-14H2,1-5H3,(H,26,27)/t16-,17-,21+/m1/s1. The average Bonchev–Trinajstić information content (AvgIpc) is 2.65. The zero-order valence-electron chi connectivity index (χ0n) is 18.2. The number of esters is 1. The lowest BCUT2D eigenvalue weighted by Crippen LogP contribution is -2.63. The summed E-state index contributed by atoms with van der Waals surface area (Å²) in [6.07, 6.45) is -4.82. The van der Waals surface area contributed by atoms with Crippen LogP contribution in [0.5, 0.6) is 0 Å². The van der Waals surface area contributed by atoms with E-state index in [1.165, 1.54) is 14.0 Å². The van der Waals surface area contributed by atoms with E-state index in [0.717, 1.165) is 5.56 Å². The molecular formula is C22H32F3NO4. The maximum absolute atomic E-state index is 14.1. The molecule has 0 aliphatic carbocycles. The summed E-state index contributed by atoms with van der Waals surface area (Å²) in [5.41, 5.74) is -3.84. The van der Waals surface area contributed by atoms with Crippen LogP contribution in [0, 0.1) is 17.3 Å². The second kappa shape index (κ2) is 10.3. The number of rotatable bonds is 9. The molecular weight excluding hydrogens is 399 g/mol. The zero-order valence-corrected chi connectivity index (χ0v) is 18.2. The molecule has 0 fully saturated rings. The van der Waals surface area contributed by atoms with Crippen molar-refractivity contribution in [3.63, 3.8) is 0 Å². The smallest absolute Gasteiger partial charge is 0.428 e. The Morgan fingerprint density at radius 3 is 2.13 bits per heavy atom. The third kappa shape index (κ3) is 5.97. The van der Waals surface area contributed by atoms with Gasteiger partial charge in [-0.15, -0.1) is 0 Å². The molecule has 0 spiro atoms. The van der Waals surface area contributed by atoms with Crippen molar-refractivity contribution < 1.29 is 32.6 Å². The molecule has 0 aromatic heterocycles. The Balaban J connectivity index is 3.44. The highest BCUT2D eigenvalue weighted by Crippen LogP contribution is 2.47. The lowest BCUT2D eigenvalue weighted by molar-refractivity contribution is -0.286. The molecule has 1 aromatic carbocycles. The highest BCUT2D eigenvalue weighted by molar-refractivity contribution is 5.84. The molecule has 0 saturated carbocycles. The van der Waals surface area contributed by atoms with Crippen LogP contribution < -0.4 is 5.32 Å². The molecule has 0 aliphatic heterocycles. The van der Waals surface area contributed by atoms with Crippen LogP contribution in [0.25, 0.3) is 0 Å². The SMILES string of the molecule is CCOC(=O)[C@@](O)([C@H](CCCc1ccccc1)[C@H](C(=O)NC)C(C)(C)C)C(F)(F)F. The van der Waals surface area contributed by atoms with Crippen molar-refractivity contribution in [2.24, 2.45) is 17.3 Å². The van der Waals surface area contributed by atoms with Crippen LogP contribution in [-0.4, -0.2) is 42.4 Å². The molecule has 170 valence electrons. The summed E-state index contributed by atoms with van der Waals surface area (Å²) < 4.78 is 46.9. The molecule has 0 heterocycles. The highest BCUT2D eigenvalue weighted by Gasteiger charge is 2.67. The third-order valence-electron chi connectivity index (χ3n) is 5.24. The van der Waals surface area contributed by atoms with Gasteiger partial charge in [-0.1, -0.05) is 51.1 Å². The van der Waals surface area contributed by atoms with Crippen molar-refractivity contribution in [2.45, 2.75) is 58.7 Å². The van der Waals surface area contributed by atoms with Crippen molar-refractivity contribution in [1.82, 2.24) is 5.32 Å². The van der Waals surface area contributed by atoms with Gasteiger partial charge in [0.1, 0.15) is 0 Å². The first-order valence-corrected chi connectivity index (χ1v) is 10.0. The first kappa shape index (κ1) is 25.9. The Kier molecular flexibility index (Phi) is 8.90. The molecule has 1 amide bonds. The fourth-order valence-electron chi connectivity index (χ4n) is 3.84. The summed E-state index contributed by atoms with van der Waals surface area (Å²) in [4.78, 5) is 25.1. The molecule has 2 N–H and O–H groups in total. The number of carbonyl (C=O) groups is 2. The van der Waals surface area contributed by atoms with E-state index >= 15 is 0 Å². The Bertz CT molecular complexity index is 701. The third-order valence-corrected chi connectivity index (χ3v) is 5.24. The number of benzene rings is 1. The molecule has 0 radical (unpaired) electrons. The Labute approximate surface area is 176 Å². The topological polar surface area (TPSA) is 75.6 Å². The number of hydrogen-bond donors (Lipinski definition) is 2. The van der Waals surface area contributed by atoms with Crippen molar-refractivity contribution >= 4 is 11.9 Å². The Morgan fingerprint density at radius 2 is 1.70 bits per heavy atom. The van der Waals surface area contributed by atoms with E-state index in [4.69, 9.17) is 0 Å². The normalized spacial score (nSPS) is 16.3.